The summed E-state index contributed by atoms with van der Waals surface area (Å²) in [5.74, 6) is -2.22. The van der Waals surface area contributed by atoms with Crippen molar-refractivity contribution in [1.82, 2.24) is 20.0 Å². The smallest absolute Gasteiger partial charge is 0.407 e. The number of thiophene rings is 1. The number of likely N-dealkylation sites (N-methyl/N-ethyl adjacent to an activating group) is 2. The fraction of sp³-hybridized carbons (Fsp3) is 0.625. The molecular formula is C24H34N4O8S. The lowest BCUT2D eigenvalue weighted by Crippen LogP contribution is -2.46. The minimum atomic E-state index is -1.23. The summed E-state index contributed by atoms with van der Waals surface area (Å²) in [5.41, 5.74) is -0.677. The Balaban J connectivity index is 1.85. The molecule has 4 amide bonds. The van der Waals surface area contributed by atoms with Crippen LogP contribution in [-0.4, -0.2) is 107 Å². The first-order chi connectivity index (χ1) is 17.3. The van der Waals surface area contributed by atoms with Crippen LogP contribution in [0.1, 0.15) is 49.7 Å². The summed E-state index contributed by atoms with van der Waals surface area (Å²) in [4.78, 5) is 67.3. The molecule has 2 aliphatic rings. The predicted molar refractivity (Wildman–Crippen MR) is 133 cm³/mol. The van der Waals surface area contributed by atoms with E-state index in [1.54, 1.807) is 37.1 Å². The summed E-state index contributed by atoms with van der Waals surface area (Å²) in [7, 11) is 2.85. The molecule has 3 heterocycles. The Morgan fingerprint density at radius 2 is 1.89 bits per heavy atom. The number of carbonyl (C=O) groups excluding carboxylic acids is 4. The molecule has 0 spiro atoms. The van der Waals surface area contributed by atoms with Crippen LogP contribution in [0.25, 0.3) is 0 Å². The van der Waals surface area contributed by atoms with Crippen LogP contribution in [0.4, 0.5) is 4.79 Å². The van der Waals surface area contributed by atoms with Crippen LogP contribution in [0.5, 0.6) is 5.75 Å². The zero-order valence-corrected chi connectivity index (χ0v) is 22.5. The number of hydrogen-bond donors (Lipinski definition) is 2. The number of hydrogen-bond acceptors (Lipinski definition) is 8. The molecule has 3 atom stereocenters. The maximum Gasteiger partial charge on any atom is 0.407 e. The highest BCUT2D eigenvalue weighted by atomic mass is 32.1. The van der Waals surface area contributed by atoms with Crippen molar-refractivity contribution in [2.45, 2.75) is 63.8 Å². The summed E-state index contributed by atoms with van der Waals surface area (Å²) in [6, 6.07) is -0.427. The van der Waals surface area contributed by atoms with E-state index >= 15 is 0 Å². The van der Waals surface area contributed by atoms with Gasteiger partial charge >= 0.3 is 12.1 Å². The average molecular weight is 539 g/mol. The third-order valence-corrected chi connectivity index (χ3v) is 7.10. The van der Waals surface area contributed by atoms with Crippen LogP contribution in [0.2, 0.25) is 0 Å². The van der Waals surface area contributed by atoms with E-state index in [0.29, 0.717) is 6.42 Å². The van der Waals surface area contributed by atoms with E-state index in [1.807, 2.05) is 0 Å². The van der Waals surface area contributed by atoms with E-state index in [-0.39, 0.29) is 49.1 Å². The van der Waals surface area contributed by atoms with E-state index < -0.39 is 47.6 Å². The molecule has 204 valence electrons. The molecule has 1 unspecified atom stereocenters. The van der Waals surface area contributed by atoms with E-state index in [1.165, 1.54) is 19.0 Å². The fourth-order valence-electron chi connectivity index (χ4n) is 4.33. The second kappa shape index (κ2) is 11.4. The summed E-state index contributed by atoms with van der Waals surface area (Å²) >= 11 is 1.12. The zero-order valence-electron chi connectivity index (χ0n) is 21.7. The van der Waals surface area contributed by atoms with Crippen LogP contribution in [0.3, 0.4) is 0 Å². The Hall–Kier alpha value is -3.35. The summed E-state index contributed by atoms with van der Waals surface area (Å²) in [6.45, 7) is 5.29. The third kappa shape index (κ3) is 7.12. The van der Waals surface area contributed by atoms with Gasteiger partial charge in [-0.3, -0.25) is 14.4 Å². The van der Waals surface area contributed by atoms with Crippen LogP contribution in [-0.2, 0) is 19.1 Å². The van der Waals surface area contributed by atoms with Crippen molar-refractivity contribution < 1.29 is 38.6 Å². The number of carboxylic acids is 1. The topological polar surface area (TPSA) is 146 Å². The van der Waals surface area contributed by atoms with Gasteiger partial charge < -0.3 is 34.6 Å². The molecular weight excluding hydrogens is 504 g/mol. The number of carboxylic acid groups (broad SMARTS) is 1. The zero-order chi connectivity index (χ0) is 27.5. The number of aliphatic carboxylic acids is 1. The maximum absolute atomic E-state index is 13.2. The predicted octanol–water partition coefficient (Wildman–Crippen LogP) is 1.40. The summed E-state index contributed by atoms with van der Waals surface area (Å²) in [6.07, 6.45) is -0.470. The first-order valence-corrected chi connectivity index (χ1v) is 12.9. The van der Waals surface area contributed by atoms with E-state index in [2.05, 4.69) is 5.32 Å². The van der Waals surface area contributed by atoms with E-state index in [4.69, 9.17) is 9.47 Å². The Kier molecular flexibility index (Phi) is 8.67. The Labute approximate surface area is 219 Å². The molecule has 0 bridgehead atoms. The van der Waals surface area contributed by atoms with Crippen molar-refractivity contribution in [1.29, 1.82) is 0 Å². The Morgan fingerprint density at radius 1 is 1.19 bits per heavy atom. The van der Waals surface area contributed by atoms with Crippen LogP contribution in [0.15, 0.2) is 11.4 Å². The molecule has 0 saturated carbocycles. The number of alkyl carbamates (subject to hydrolysis) is 1. The van der Waals surface area contributed by atoms with Crippen molar-refractivity contribution in [2.75, 3.05) is 33.8 Å². The number of rotatable bonds is 2. The van der Waals surface area contributed by atoms with Crippen LogP contribution in [0, 0.1) is 0 Å². The van der Waals surface area contributed by atoms with Gasteiger partial charge in [-0.25, -0.2) is 9.59 Å². The van der Waals surface area contributed by atoms with Crippen molar-refractivity contribution in [3.8, 4) is 5.75 Å². The SMILES string of the molecule is CN1CC(=O)N2C[C@H](NC(=O)OC(C)(C)C)C[C@H]2COc2ccsc2C(=O)N(C)C(C(=O)O)CCC1=O. The van der Waals surface area contributed by atoms with Gasteiger partial charge in [-0.1, -0.05) is 0 Å². The average Bonchev–Trinajstić information content (AvgIpc) is 3.41. The molecule has 2 aliphatic heterocycles. The second-order valence-electron chi connectivity index (χ2n) is 10.3. The van der Waals surface area contributed by atoms with Gasteiger partial charge in [-0.15, -0.1) is 11.3 Å². The van der Waals surface area contributed by atoms with E-state index in [9.17, 15) is 29.1 Å². The summed E-state index contributed by atoms with van der Waals surface area (Å²) in [5, 5.41) is 14.1. The molecule has 1 fully saturated rings. The molecule has 0 aliphatic carbocycles. The summed E-state index contributed by atoms with van der Waals surface area (Å²) < 4.78 is 11.3. The number of ether oxygens (including phenoxy) is 2. The molecule has 1 saturated heterocycles. The standard InChI is InChI=1S/C24H34N4O8S/c1-24(2,3)36-23(34)25-14-10-15-13-35-17-8-9-37-20(17)21(31)27(5)16(22(32)33)6-7-18(29)26(4)12-19(30)28(15)11-14/h8-9,14-16H,6-7,10-13H2,1-5H3,(H,25,34)(H,32,33)/t14-,15+,16?/m1/s1. The normalized spacial score (nSPS) is 24.0. The highest BCUT2D eigenvalue weighted by Crippen LogP contribution is 2.29. The number of nitrogens with one attached hydrogen (secondary N) is 1. The minimum absolute atomic E-state index is 0.0407. The number of nitrogens with zero attached hydrogens (tertiary/aromatic N) is 3. The Bertz CT molecular complexity index is 1050. The molecule has 3 rings (SSSR count). The number of amides is 4. The van der Waals surface area contributed by atoms with Gasteiger partial charge in [0, 0.05) is 27.1 Å². The molecule has 2 N–H and O–H groups in total. The second-order valence-corrected chi connectivity index (χ2v) is 11.2. The molecule has 0 radical (unpaired) electrons. The maximum atomic E-state index is 13.2. The van der Waals surface area contributed by atoms with Crippen molar-refractivity contribution in [2.24, 2.45) is 0 Å². The number of carbonyl (C=O) groups is 5. The van der Waals surface area contributed by atoms with Crippen LogP contribution >= 0.6 is 11.3 Å². The minimum Gasteiger partial charge on any atom is -0.490 e. The fourth-order valence-corrected chi connectivity index (χ4v) is 5.15. The quantitative estimate of drug-likeness (QED) is 0.575. The Morgan fingerprint density at radius 3 is 2.54 bits per heavy atom. The van der Waals surface area contributed by atoms with Crippen molar-refractivity contribution >= 4 is 41.1 Å². The molecule has 0 aromatic carbocycles. The first-order valence-electron chi connectivity index (χ1n) is 12.0. The van der Waals surface area contributed by atoms with Gasteiger partial charge in [-0.05, 0) is 45.1 Å². The van der Waals surface area contributed by atoms with Crippen molar-refractivity contribution in [3.05, 3.63) is 16.3 Å². The monoisotopic (exact) mass is 538 g/mol. The molecule has 37 heavy (non-hydrogen) atoms. The van der Waals surface area contributed by atoms with Gasteiger partial charge in [0.1, 0.15) is 28.9 Å². The lowest BCUT2D eigenvalue weighted by molar-refractivity contribution is -0.143. The largest absolute Gasteiger partial charge is 0.490 e. The van der Waals surface area contributed by atoms with Gasteiger partial charge in [-0.2, -0.15) is 0 Å². The van der Waals surface area contributed by atoms with Gasteiger partial charge in [0.15, 0.2) is 0 Å². The first kappa shape index (κ1) is 28.2. The highest BCUT2D eigenvalue weighted by molar-refractivity contribution is 7.12. The molecule has 1 aromatic rings. The van der Waals surface area contributed by atoms with E-state index in [0.717, 1.165) is 16.2 Å². The molecule has 12 nitrogen and oxygen atoms in total. The van der Waals surface area contributed by atoms with Gasteiger partial charge in [0.2, 0.25) is 11.8 Å². The van der Waals surface area contributed by atoms with Crippen LogP contribution < -0.4 is 10.1 Å². The third-order valence-electron chi connectivity index (χ3n) is 6.21. The number of fused-ring (bicyclic) bond motifs is 2. The molecule has 13 heteroatoms. The van der Waals surface area contributed by atoms with Gasteiger partial charge in [0.25, 0.3) is 5.91 Å². The molecule has 1 aromatic heterocycles. The lowest BCUT2D eigenvalue weighted by Gasteiger charge is -2.27. The van der Waals surface area contributed by atoms with Gasteiger partial charge in [0.05, 0.1) is 18.6 Å². The highest BCUT2D eigenvalue weighted by Gasteiger charge is 2.38. The lowest BCUT2D eigenvalue weighted by atomic mass is 10.1. The van der Waals surface area contributed by atoms with Crippen molar-refractivity contribution in [3.63, 3.8) is 0 Å².